The number of thiazole rings is 1. The molecule has 2 amide bonds. The molecule has 186 valence electrons. The molecule has 0 aromatic carbocycles. The molecule has 1 fully saturated rings. The predicted octanol–water partition coefficient (Wildman–Crippen LogP) is 1.40. The Morgan fingerprint density at radius 1 is 1.46 bits per heavy atom. The van der Waals surface area contributed by atoms with Gasteiger partial charge in [0.15, 0.2) is 16.6 Å². The van der Waals surface area contributed by atoms with Crippen LogP contribution in [0.15, 0.2) is 44.6 Å². The number of β-lactam (4-membered cyclic amide) rings is 1. The van der Waals surface area contributed by atoms with Crippen molar-refractivity contribution >= 4 is 81.0 Å². The van der Waals surface area contributed by atoms with E-state index in [9.17, 15) is 24.3 Å². The van der Waals surface area contributed by atoms with Gasteiger partial charge in [-0.15, -0.1) is 35.5 Å². The summed E-state index contributed by atoms with van der Waals surface area (Å²) < 4.78 is 5.05. The topological polar surface area (TPSA) is 177 Å². The minimum absolute atomic E-state index is 0. The predicted molar refractivity (Wildman–Crippen MR) is 133 cm³/mol. The average molecular weight is 560 g/mol. The molecule has 2 aliphatic heterocycles. The molecule has 2 aromatic heterocycles. The van der Waals surface area contributed by atoms with E-state index in [0.29, 0.717) is 5.57 Å². The zero-order valence-electron chi connectivity index (χ0n) is 17.8. The van der Waals surface area contributed by atoms with Gasteiger partial charge in [0.05, 0.1) is 6.26 Å². The lowest BCUT2D eigenvalue weighted by Gasteiger charge is -2.49. The van der Waals surface area contributed by atoms with E-state index < -0.39 is 29.2 Å². The quantitative estimate of drug-likeness (QED) is 0.242. The summed E-state index contributed by atoms with van der Waals surface area (Å²) in [5, 5.41) is 16.8. The van der Waals surface area contributed by atoms with Crippen LogP contribution in [0.25, 0.3) is 0 Å². The van der Waals surface area contributed by atoms with Crippen LogP contribution in [-0.2, 0) is 19.2 Å². The van der Waals surface area contributed by atoms with Gasteiger partial charge in [0.25, 0.3) is 16.9 Å². The molecule has 0 saturated carbocycles. The zero-order chi connectivity index (χ0) is 24.4. The number of nitrogens with one attached hydrogen (secondary N) is 1. The second-order valence-electron chi connectivity index (χ2n) is 6.87. The van der Waals surface area contributed by atoms with Gasteiger partial charge in [-0.1, -0.05) is 16.9 Å². The van der Waals surface area contributed by atoms with Gasteiger partial charge < -0.3 is 25.4 Å². The first-order valence-corrected chi connectivity index (χ1v) is 12.5. The summed E-state index contributed by atoms with van der Waals surface area (Å²) in [6.07, 6.45) is 1.37. The smallest absolute Gasteiger partial charge is 0.352 e. The number of nitrogen functional groups attached to an aromatic ring is 1. The highest BCUT2D eigenvalue weighted by Gasteiger charge is 2.54. The maximum absolute atomic E-state index is 12.8. The lowest BCUT2D eigenvalue weighted by molar-refractivity contribution is -0.150. The number of carbonyl (C=O) groups excluding carboxylic acids is 3. The first kappa shape index (κ1) is 26.6. The van der Waals surface area contributed by atoms with Gasteiger partial charge in [-0.05, 0) is 17.7 Å². The number of halogens is 1. The monoisotopic (exact) mass is 559 g/mol. The highest BCUT2D eigenvalue weighted by Crippen LogP contribution is 2.41. The van der Waals surface area contributed by atoms with Gasteiger partial charge in [0.1, 0.15) is 29.9 Å². The highest BCUT2D eigenvalue weighted by atomic mass is 35.5. The van der Waals surface area contributed by atoms with Gasteiger partial charge in [-0.25, -0.2) is 9.78 Å². The SMILES string of the molecule is CON=C(C(=O)NC1C(=O)N2C(C(=O)O)=C(CSC(=O)c3ccco3)CS[C@@H]12)c1csc(N)n1.Cl. The number of nitrogens with two attached hydrogens (primary N) is 1. The second kappa shape index (κ2) is 11.2. The van der Waals surface area contributed by atoms with Gasteiger partial charge >= 0.3 is 5.97 Å². The Hall–Kier alpha value is -3.01. The van der Waals surface area contributed by atoms with Crippen molar-refractivity contribution in [2.24, 2.45) is 5.16 Å². The minimum Gasteiger partial charge on any atom is -0.477 e. The summed E-state index contributed by atoms with van der Waals surface area (Å²) in [5.74, 6) is -2.08. The number of furan rings is 1. The number of hydrogen-bond acceptors (Lipinski definition) is 12. The maximum Gasteiger partial charge on any atom is 0.352 e. The number of carboxylic acid groups (broad SMARTS) is 1. The lowest BCUT2D eigenvalue weighted by atomic mass is 10.0. The molecule has 12 nitrogen and oxygen atoms in total. The van der Waals surface area contributed by atoms with Crippen LogP contribution < -0.4 is 11.1 Å². The van der Waals surface area contributed by atoms with Crippen molar-refractivity contribution in [1.82, 2.24) is 15.2 Å². The number of carbonyl (C=O) groups is 4. The maximum atomic E-state index is 12.8. The van der Waals surface area contributed by atoms with E-state index in [0.717, 1.165) is 28.0 Å². The molecule has 4 heterocycles. The average Bonchev–Trinajstić information content (AvgIpc) is 3.50. The Bertz CT molecular complexity index is 1210. The van der Waals surface area contributed by atoms with Crippen LogP contribution in [0.3, 0.4) is 0 Å². The molecular formula is C19H18ClN5O7S3. The van der Waals surface area contributed by atoms with Crippen LogP contribution >= 0.6 is 47.3 Å². The minimum atomic E-state index is -1.29. The molecule has 0 radical (unpaired) electrons. The number of aromatic nitrogens is 1. The van der Waals surface area contributed by atoms with E-state index in [1.807, 2.05) is 0 Å². The largest absolute Gasteiger partial charge is 0.477 e. The number of anilines is 1. The fourth-order valence-corrected chi connectivity index (χ4v) is 6.14. The fourth-order valence-electron chi connectivity index (χ4n) is 3.31. The Kier molecular flexibility index (Phi) is 8.47. The van der Waals surface area contributed by atoms with E-state index >= 15 is 0 Å². The summed E-state index contributed by atoms with van der Waals surface area (Å²) in [4.78, 5) is 59.6. The first-order chi connectivity index (χ1) is 16.3. The first-order valence-electron chi connectivity index (χ1n) is 9.55. The Morgan fingerprint density at radius 2 is 2.23 bits per heavy atom. The number of nitrogens with zero attached hydrogens (tertiary/aromatic N) is 3. The third-order valence-corrected chi connectivity index (χ3v) is 7.77. The van der Waals surface area contributed by atoms with Crippen LogP contribution in [0.4, 0.5) is 5.13 Å². The molecule has 4 rings (SSSR count). The summed E-state index contributed by atoms with van der Waals surface area (Å²) in [6.45, 7) is 0. The normalized spacial score (nSPS) is 19.4. The molecular weight excluding hydrogens is 542 g/mol. The summed E-state index contributed by atoms with van der Waals surface area (Å²) in [5.41, 5.74) is 5.89. The number of rotatable bonds is 8. The van der Waals surface area contributed by atoms with Gasteiger partial charge in [-0.2, -0.15) is 0 Å². The van der Waals surface area contributed by atoms with Crippen LogP contribution in [0.1, 0.15) is 16.2 Å². The fraction of sp³-hybridized carbons (Fsp3) is 0.263. The van der Waals surface area contributed by atoms with Gasteiger partial charge in [-0.3, -0.25) is 19.3 Å². The zero-order valence-corrected chi connectivity index (χ0v) is 21.1. The molecule has 1 saturated heterocycles. The molecule has 2 aromatic rings. The van der Waals surface area contributed by atoms with E-state index in [2.05, 4.69) is 15.5 Å². The standard InChI is InChI=1S/C19H17N5O7S3.ClH/c1-30-23-11(9-7-34-19(20)21-9)14(25)22-12-15(26)24-13(17(27)28)8(5-32-16(12)24)6-33-18(29)10-3-2-4-31-10;/h2-4,7,12,16H,5-6H2,1H3,(H2,20,21)(H,22,25)(H,27,28);1H/t12?,16-;/m0./s1. The molecule has 1 unspecified atom stereocenters. The van der Waals surface area contributed by atoms with Crippen molar-refractivity contribution in [3.05, 3.63) is 46.5 Å². The molecule has 0 bridgehead atoms. The number of aliphatic carboxylic acids is 1. The summed E-state index contributed by atoms with van der Waals surface area (Å²) in [6, 6.07) is 2.13. The highest BCUT2D eigenvalue weighted by molar-refractivity contribution is 8.14. The number of hydrogen-bond donors (Lipinski definition) is 3. The van der Waals surface area contributed by atoms with Crippen molar-refractivity contribution in [3.63, 3.8) is 0 Å². The van der Waals surface area contributed by atoms with Crippen molar-refractivity contribution in [1.29, 1.82) is 0 Å². The molecule has 35 heavy (non-hydrogen) atoms. The number of carboxylic acids is 1. The van der Waals surface area contributed by atoms with E-state index in [1.54, 1.807) is 6.07 Å². The Morgan fingerprint density at radius 3 is 2.83 bits per heavy atom. The Balaban J connectivity index is 0.00000342. The van der Waals surface area contributed by atoms with E-state index in [-0.39, 0.29) is 57.0 Å². The molecule has 0 aliphatic carbocycles. The number of fused-ring (bicyclic) bond motifs is 1. The van der Waals surface area contributed by atoms with E-state index in [1.165, 1.54) is 36.6 Å². The van der Waals surface area contributed by atoms with Crippen molar-refractivity contribution < 1.29 is 33.5 Å². The summed E-state index contributed by atoms with van der Waals surface area (Å²) in [7, 11) is 1.26. The molecule has 2 aliphatic rings. The van der Waals surface area contributed by atoms with Gasteiger partial charge in [0, 0.05) is 16.9 Å². The summed E-state index contributed by atoms with van der Waals surface area (Å²) >= 11 is 3.29. The number of oxime groups is 1. The van der Waals surface area contributed by atoms with Crippen molar-refractivity contribution in [3.8, 4) is 0 Å². The van der Waals surface area contributed by atoms with Crippen molar-refractivity contribution in [2.75, 3.05) is 24.3 Å². The van der Waals surface area contributed by atoms with Crippen molar-refractivity contribution in [2.45, 2.75) is 11.4 Å². The molecule has 16 heteroatoms. The second-order valence-corrected chi connectivity index (χ2v) is 9.81. The third kappa shape index (κ3) is 5.32. The van der Waals surface area contributed by atoms with Crippen LogP contribution in [0.5, 0.6) is 0 Å². The number of amides is 2. The third-order valence-electron chi connectivity index (χ3n) is 4.80. The molecule has 4 N–H and O–H groups in total. The Labute approximate surface area is 216 Å². The lowest BCUT2D eigenvalue weighted by Crippen LogP contribution is -2.71. The van der Waals surface area contributed by atoms with Crippen LogP contribution in [0, 0.1) is 0 Å². The van der Waals surface area contributed by atoms with Crippen LogP contribution in [-0.4, -0.2) is 73.6 Å². The van der Waals surface area contributed by atoms with Crippen LogP contribution in [0.2, 0.25) is 0 Å². The number of thioether (sulfide) groups is 2. The molecule has 2 atom stereocenters. The van der Waals surface area contributed by atoms with Gasteiger partial charge in [0.2, 0.25) is 0 Å². The van der Waals surface area contributed by atoms with E-state index in [4.69, 9.17) is 15.0 Å². The molecule has 0 spiro atoms.